The number of benzene rings is 4. The lowest BCUT2D eigenvalue weighted by Crippen LogP contribution is -2.60. The van der Waals surface area contributed by atoms with E-state index < -0.39 is 8.07 Å². The normalized spacial score (nSPS) is 14.8. The van der Waals surface area contributed by atoms with Gasteiger partial charge in [0, 0.05) is 0 Å². The summed E-state index contributed by atoms with van der Waals surface area (Å²) in [5.74, 6) is 0. The second kappa shape index (κ2) is 7.10. The Morgan fingerprint density at radius 2 is 1.00 bits per heavy atom. The molecule has 0 spiro atoms. The van der Waals surface area contributed by atoms with Gasteiger partial charge in [-0.3, -0.25) is 0 Å². The van der Waals surface area contributed by atoms with Crippen LogP contribution < -0.4 is 10.4 Å². The second-order valence-corrected chi connectivity index (χ2v) is 11.2. The van der Waals surface area contributed by atoms with Crippen LogP contribution >= 0.6 is 0 Å². The molecule has 134 valence electrons. The van der Waals surface area contributed by atoms with Gasteiger partial charge in [0.15, 0.2) is 0 Å². The summed E-state index contributed by atoms with van der Waals surface area (Å²) in [4.78, 5) is 0. The van der Waals surface area contributed by atoms with E-state index in [1.807, 2.05) is 0 Å². The van der Waals surface area contributed by atoms with Crippen LogP contribution in [0.25, 0.3) is 5.57 Å². The predicted molar refractivity (Wildman–Crippen MR) is 122 cm³/mol. The first-order valence-electron chi connectivity index (χ1n) is 9.84. The Bertz CT molecular complexity index is 1070. The van der Waals surface area contributed by atoms with Gasteiger partial charge in [-0.05, 0) is 38.7 Å². The fourth-order valence-corrected chi connectivity index (χ4v) is 8.95. The van der Waals surface area contributed by atoms with Gasteiger partial charge in [-0.15, -0.1) is 0 Å². The molecule has 4 aromatic rings. The Morgan fingerprint density at radius 1 is 0.500 bits per heavy atom. The summed E-state index contributed by atoms with van der Waals surface area (Å²) < 4.78 is 0. The highest BCUT2D eigenvalue weighted by atomic mass is 28.3. The van der Waals surface area contributed by atoms with Crippen LogP contribution in [0.2, 0.25) is 0 Å². The summed E-state index contributed by atoms with van der Waals surface area (Å²) in [6.45, 7) is 0. The maximum Gasteiger partial charge on any atom is 0.146 e. The first kappa shape index (κ1) is 17.0. The lowest BCUT2D eigenvalue weighted by atomic mass is 9.95. The zero-order valence-corrected chi connectivity index (χ0v) is 16.8. The average molecular weight is 375 g/mol. The molecule has 0 radical (unpaired) electrons. The molecule has 0 atom stereocenters. The van der Waals surface area contributed by atoms with E-state index in [0.717, 1.165) is 6.04 Å². The van der Waals surface area contributed by atoms with E-state index >= 15 is 0 Å². The van der Waals surface area contributed by atoms with Crippen LogP contribution in [0.5, 0.6) is 0 Å². The molecule has 0 bridgehead atoms. The van der Waals surface area contributed by atoms with Crippen molar-refractivity contribution < 1.29 is 0 Å². The highest BCUT2D eigenvalue weighted by molar-refractivity contribution is 7.06. The van der Waals surface area contributed by atoms with Crippen LogP contribution in [0.1, 0.15) is 16.7 Å². The van der Waals surface area contributed by atoms with Gasteiger partial charge >= 0.3 is 0 Å². The minimum atomic E-state index is -2.09. The molecule has 0 aromatic heterocycles. The summed E-state index contributed by atoms with van der Waals surface area (Å²) in [5.41, 5.74) is 8.15. The molecule has 0 aliphatic carbocycles. The molecule has 4 aromatic carbocycles. The largest absolute Gasteiger partial charge is 0.146 e. The van der Waals surface area contributed by atoms with E-state index in [0.29, 0.717) is 0 Å². The van der Waals surface area contributed by atoms with E-state index in [1.165, 1.54) is 32.6 Å². The van der Waals surface area contributed by atoms with Gasteiger partial charge in [-0.2, -0.15) is 0 Å². The van der Waals surface area contributed by atoms with Crippen LogP contribution in [0.3, 0.4) is 0 Å². The molecule has 5 rings (SSSR count). The molecule has 0 saturated carbocycles. The molecular weight excluding hydrogens is 352 g/mol. The number of hydrogen-bond donors (Lipinski definition) is 0. The summed E-state index contributed by atoms with van der Waals surface area (Å²) in [7, 11) is -2.09. The van der Waals surface area contributed by atoms with Crippen molar-refractivity contribution in [3.05, 3.63) is 138 Å². The third-order valence-electron chi connectivity index (χ3n) is 5.83. The zero-order valence-electron chi connectivity index (χ0n) is 15.8. The van der Waals surface area contributed by atoms with Gasteiger partial charge in [-0.1, -0.05) is 121 Å². The highest BCUT2D eigenvalue weighted by Crippen LogP contribution is 2.34. The molecule has 0 saturated heterocycles. The van der Waals surface area contributed by atoms with Crippen molar-refractivity contribution in [1.29, 1.82) is 0 Å². The van der Waals surface area contributed by atoms with Gasteiger partial charge in [0.2, 0.25) is 0 Å². The topological polar surface area (TPSA) is 0 Å². The van der Waals surface area contributed by atoms with Crippen molar-refractivity contribution in [2.45, 2.75) is 6.04 Å². The van der Waals surface area contributed by atoms with E-state index in [4.69, 9.17) is 0 Å². The summed E-state index contributed by atoms with van der Waals surface area (Å²) in [5, 5.41) is 2.95. The van der Waals surface area contributed by atoms with Crippen LogP contribution in [0.4, 0.5) is 0 Å². The van der Waals surface area contributed by atoms with Gasteiger partial charge < -0.3 is 0 Å². The Kier molecular flexibility index (Phi) is 4.30. The number of rotatable bonds is 3. The zero-order chi connectivity index (χ0) is 18.8. The number of fused-ring (bicyclic) bond motifs is 1. The van der Waals surface area contributed by atoms with Crippen molar-refractivity contribution in [1.82, 2.24) is 0 Å². The molecule has 28 heavy (non-hydrogen) atoms. The minimum Gasteiger partial charge on any atom is -0.0771 e. The Morgan fingerprint density at radius 3 is 1.61 bits per heavy atom. The molecule has 0 amide bonds. The first-order chi connectivity index (χ1) is 13.9. The van der Waals surface area contributed by atoms with Gasteiger partial charge in [0.25, 0.3) is 0 Å². The molecule has 1 aliphatic heterocycles. The van der Waals surface area contributed by atoms with Crippen molar-refractivity contribution in [2.75, 3.05) is 0 Å². The lowest BCUT2D eigenvalue weighted by Gasteiger charge is -2.36. The molecule has 1 aliphatic rings. The fourth-order valence-electron chi connectivity index (χ4n) is 4.48. The van der Waals surface area contributed by atoms with Crippen LogP contribution in [-0.4, -0.2) is 8.07 Å². The second-order valence-electron chi connectivity index (χ2n) is 7.46. The maximum absolute atomic E-state index is 2.63. The molecular formula is C27H22Si. The molecule has 0 nitrogen and oxygen atoms in total. The Balaban J connectivity index is 1.83. The van der Waals surface area contributed by atoms with Gasteiger partial charge in [0.1, 0.15) is 8.07 Å². The monoisotopic (exact) mass is 374 g/mol. The van der Waals surface area contributed by atoms with Gasteiger partial charge in [0.05, 0.1) is 0 Å². The van der Waals surface area contributed by atoms with Crippen molar-refractivity contribution >= 4 is 24.0 Å². The van der Waals surface area contributed by atoms with Crippen molar-refractivity contribution in [3.63, 3.8) is 0 Å². The smallest absolute Gasteiger partial charge is 0.0771 e. The van der Waals surface area contributed by atoms with Crippen LogP contribution in [0.15, 0.2) is 121 Å². The molecule has 0 unspecified atom stereocenters. The summed E-state index contributed by atoms with van der Waals surface area (Å²) in [6.07, 6.45) is 0. The van der Waals surface area contributed by atoms with E-state index in [2.05, 4.69) is 121 Å². The van der Waals surface area contributed by atoms with Crippen molar-refractivity contribution in [2.24, 2.45) is 0 Å². The Labute approximate surface area is 167 Å². The third-order valence-corrected chi connectivity index (χ3v) is 10.3. The molecule has 1 heteroatoms. The average Bonchev–Trinajstić information content (AvgIpc) is 2.80. The van der Waals surface area contributed by atoms with E-state index in [1.54, 1.807) is 0 Å². The fraction of sp³-hybridized carbons (Fsp3) is 0.0370. The summed E-state index contributed by atoms with van der Waals surface area (Å²) in [6, 6.07) is 43.2. The van der Waals surface area contributed by atoms with E-state index in [9.17, 15) is 0 Å². The Hall–Kier alpha value is -3.16. The standard InChI is InChI=1S/C27H22Si/c1-4-12-22(13-5-1)27-21-28(24-15-6-2-7-16-24,25-17-8-3-9-18-25)20-23-14-10-11-19-26(23)27/h1-19,21H,20H2. The first-order valence-corrected chi connectivity index (χ1v) is 12.1. The maximum atomic E-state index is 2.63. The SMILES string of the molecule is C1=C(c2ccccc2)c2ccccc2C[Si]1(c1ccccc1)c1ccccc1. The van der Waals surface area contributed by atoms with E-state index in [-0.39, 0.29) is 0 Å². The molecule has 0 fully saturated rings. The predicted octanol–water partition coefficient (Wildman–Crippen LogP) is 5.02. The van der Waals surface area contributed by atoms with Crippen LogP contribution in [-0.2, 0) is 6.04 Å². The lowest BCUT2D eigenvalue weighted by molar-refractivity contribution is 1.30. The minimum absolute atomic E-state index is 1.10. The molecule has 1 heterocycles. The molecule has 0 N–H and O–H groups in total. The van der Waals surface area contributed by atoms with Gasteiger partial charge in [-0.25, -0.2) is 0 Å². The van der Waals surface area contributed by atoms with Crippen LogP contribution in [0, 0.1) is 0 Å². The highest BCUT2D eigenvalue weighted by Gasteiger charge is 2.39. The quantitative estimate of drug-likeness (QED) is 0.442. The summed E-state index contributed by atoms with van der Waals surface area (Å²) >= 11 is 0. The number of hydrogen-bond acceptors (Lipinski definition) is 0. The third kappa shape index (κ3) is 2.85. The van der Waals surface area contributed by atoms with Crippen molar-refractivity contribution in [3.8, 4) is 0 Å².